The second-order valence-corrected chi connectivity index (χ2v) is 9.43. The molecule has 1 N–H and O–H groups in total. The number of aliphatic hydroxyl groups excluding tert-OH is 1. The second kappa shape index (κ2) is 13.1. The van der Waals surface area contributed by atoms with Gasteiger partial charge in [0.05, 0.1) is 46.1 Å². The van der Waals surface area contributed by atoms with Crippen LogP contribution >= 0.6 is 0 Å². The molecule has 40 heavy (non-hydrogen) atoms. The lowest BCUT2D eigenvalue weighted by Crippen LogP contribution is -2.29. The van der Waals surface area contributed by atoms with Crippen molar-refractivity contribution in [3.05, 3.63) is 89.0 Å². The van der Waals surface area contributed by atoms with E-state index in [1.54, 1.807) is 55.6 Å². The van der Waals surface area contributed by atoms with Gasteiger partial charge in [0.25, 0.3) is 11.7 Å². The third-order valence-electron chi connectivity index (χ3n) is 6.94. The maximum absolute atomic E-state index is 13.5. The fourth-order valence-corrected chi connectivity index (χ4v) is 4.84. The van der Waals surface area contributed by atoms with Gasteiger partial charge >= 0.3 is 0 Å². The Hall–Kier alpha value is -4.46. The molecule has 1 heterocycles. The number of Topliss-reactive ketones (excluding diaryl/α,β-unsaturated/α-hetero) is 1. The number of unbranched alkanes of at least 4 members (excludes halogenated alkanes) is 2. The molecule has 0 bridgehead atoms. The average molecular weight is 546 g/mol. The average Bonchev–Trinajstić information content (AvgIpc) is 3.24. The number of nitrogens with zero attached hydrogens (tertiary/aromatic N) is 1. The van der Waals surface area contributed by atoms with Crippen molar-refractivity contribution in [3.8, 4) is 23.0 Å². The Morgan fingerprint density at radius 2 is 1.55 bits per heavy atom. The summed E-state index contributed by atoms with van der Waals surface area (Å²) >= 11 is 0. The van der Waals surface area contributed by atoms with Gasteiger partial charge in [0.2, 0.25) is 0 Å². The quantitative estimate of drug-likeness (QED) is 0.131. The van der Waals surface area contributed by atoms with Crippen LogP contribution in [-0.2, 0) is 16.1 Å². The smallest absolute Gasteiger partial charge is 0.295 e. The van der Waals surface area contributed by atoms with E-state index in [1.807, 2.05) is 18.2 Å². The van der Waals surface area contributed by atoms with Gasteiger partial charge in [0, 0.05) is 11.1 Å². The normalized spacial score (nSPS) is 16.2. The Labute approximate surface area is 234 Å². The van der Waals surface area contributed by atoms with E-state index in [0.29, 0.717) is 40.7 Å². The van der Waals surface area contributed by atoms with Crippen LogP contribution in [0.5, 0.6) is 23.0 Å². The molecule has 0 spiro atoms. The summed E-state index contributed by atoms with van der Waals surface area (Å²) < 4.78 is 22.2. The van der Waals surface area contributed by atoms with Crippen molar-refractivity contribution in [2.75, 3.05) is 27.9 Å². The number of ketones is 1. The van der Waals surface area contributed by atoms with E-state index in [-0.39, 0.29) is 17.9 Å². The SMILES string of the molecule is CCCCCOc1ccc(/C(O)=C2/C(=O)C(=O)N(Cc3ccccc3OC)C2c2ccc(OC)c(OC)c2)cc1. The topological polar surface area (TPSA) is 94.5 Å². The Bertz CT molecular complexity index is 1380. The van der Waals surface area contributed by atoms with E-state index >= 15 is 0 Å². The number of amides is 1. The molecule has 1 fully saturated rings. The number of methoxy groups -OCH3 is 3. The third kappa shape index (κ3) is 5.91. The molecule has 3 aromatic carbocycles. The number of rotatable bonds is 12. The van der Waals surface area contributed by atoms with E-state index in [2.05, 4.69) is 6.92 Å². The zero-order valence-electron chi connectivity index (χ0n) is 23.3. The zero-order valence-corrected chi connectivity index (χ0v) is 23.3. The molecule has 1 saturated heterocycles. The molecule has 0 saturated carbocycles. The molecule has 1 aliphatic heterocycles. The summed E-state index contributed by atoms with van der Waals surface area (Å²) in [6.45, 7) is 2.83. The number of para-hydroxylation sites is 1. The van der Waals surface area contributed by atoms with Crippen molar-refractivity contribution >= 4 is 17.4 Å². The highest BCUT2D eigenvalue weighted by molar-refractivity contribution is 6.46. The van der Waals surface area contributed by atoms with Crippen molar-refractivity contribution in [3.63, 3.8) is 0 Å². The summed E-state index contributed by atoms with van der Waals surface area (Å²) in [7, 11) is 4.59. The Morgan fingerprint density at radius 3 is 2.23 bits per heavy atom. The van der Waals surface area contributed by atoms with Crippen LogP contribution in [0.25, 0.3) is 5.76 Å². The molecule has 1 unspecified atom stereocenters. The van der Waals surface area contributed by atoms with Crippen LogP contribution in [0.15, 0.2) is 72.3 Å². The molecular weight excluding hydrogens is 510 g/mol. The van der Waals surface area contributed by atoms with Gasteiger partial charge in [0.1, 0.15) is 17.3 Å². The lowest BCUT2D eigenvalue weighted by Gasteiger charge is -2.26. The maximum atomic E-state index is 13.5. The summed E-state index contributed by atoms with van der Waals surface area (Å²) in [5.41, 5.74) is 1.71. The lowest BCUT2D eigenvalue weighted by molar-refractivity contribution is -0.140. The molecule has 1 aliphatic rings. The molecule has 4 rings (SSSR count). The highest BCUT2D eigenvalue weighted by Crippen LogP contribution is 2.43. The summed E-state index contributed by atoms with van der Waals surface area (Å²) in [5.74, 6) is 0.439. The van der Waals surface area contributed by atoms with Gasteiger partial charge in [-0.1, -0.05) is 44.0 Å². The fourth-order valence-electron chi connectivity index (χ4n) is 4.84. The van der Waals surface area contributed by atoms with Gasteiger partial charge in [-0.2, -0.15) is 0 Å². The third-order valence-corrected chi connectivity index (χ3v) is 6.94. The Kier molecular flexibility index (Phi) is 9.32. The molecule has 1 atom stereocenters. The number of likely N-dealkylation sites (tertiary alicyclic amines) is 1. The van der Waals surface area contributed by atoms with Gasteiger partial charge < -0.3 is 29.0 Å². The minimum atomic E-state index is -0.880. The van der Waals surface area contributed by atoms with Crippen molar-refractivity contribution in [2.45, 2.75) is 38.8 Å². The zero-order chi connectivity index (χ0) is 28.6. The van der Waals surface area contributed by atoms with Gasteiger partial charge in [-0.05, 0) is 54.4 Å². The van der Waals surface area contributed by atoms with Crippen LogP contribution < -0.4 is 18.9 Å². The summed E-state index contributed by atoms with van der Waals surface area (Å²) in [6.07, 6.45) is 3.15. The standard InChI is InChI=1S/C32H35NO7/c1-5-6-9-18-40-24-15-12-21(13-16-24)30(34)28-29(22-14-17-26(38-3)27(19-22)39-4)33(32(36)31(28)35)20-23-10-7-8-11-25(23)37-2/h7-8,10-17,19,29,34H,5-6,9,18,20H2,1-4H3/b30-28-. The van der Waals surface area contributed by atoms with Crippen molar-refractivity contribution in [1.82, 2.24) is 4.90 Å². The lowest BCUT2D eigenvalue weighted by atomic mass is 9.94. The molecule has 1 amide bonds. The Balaban J connectivity index is 1.78. The van der Waals surface area contributed by atoms with Crippen LogP contribution in [0, 0.1) is 0 Å². The molecule has 0 aliphatic carbocycles. The fraction of sp³-hybridized carbons (Fsp3) is 0.312. The minimum absolute atomic E-state index is 0.0104. The maximum Gasteiger partial charge on any atom is 0.295 e. The second-order valence-electron chi connectivity index (χ2n) is 9.43. The highest BCUT2D eigenvalue weighted by Gasteiger charge is 2.46. The minimum Gasteiger partial charge on any atom is -0.507 e. The first-order valence-corrected chi connectivity index (χ1v) is 13.3. The van der Waals surface area contributed by atoms with E-state index in [0.717, 1.165) is 24.8 Å². The van der Waals surface area contributed by atoms with Gasteiger partial charge in [-0.3, -0.25) is 9.59 Å². The molecule has 0 radical (unpaired) electrons. The Morgan fingerprint density at radius 1 is 0.850 bits per heavy atom. The van der Waals surface area contributed by atoms with Crippen molar-refractivity contribution in [2.24, 2.45) is 0 Å². The summed E-state index contributed by atoms with van der Waals surface area (Å²) in [4.78, 5) is 28.4. The van der Waals surface area contributed by atoms with E-state index in [4.69, 9.17) is 18.9 Å². The molecule has 3 aromatic rings. The molecular formula is C32H35NO7. The van der Waals surface area contributed by atoms with Crippen LogP contribution in [0.2, 0.25) is 0 Å². The number of carbonyl (C=O) groups is 2. The van der Waals surface area contributed by atoms with Crippen LogP contribution in [0.4, 0.5) is 0 Å². The summed E-state index contributed by atoms with van der Waals surface area (Å²) in [6, 6.07) is 18.5. The highest BCUT2D eigenvalue weighted by atomic mass is 16.5. The van der Waals surface area contributed by atoms with Crippen molar-refractivity contribution < 1.29 is 33.6 Å². The number of aliphatic hydroxyl groups is 1. The predicted molar refractivity (Wildman–Crippen MR) is 152 cm³/mol. The van der Waals surface area contributed by atoms with Crippen LogP contribution in [0.3, 0.4) is 0 Å². The van der Waals surface area contributed by atoms with E-state index < -0.39 is 17.7 Å². The summed E-state index contributed by atoms with van der Waals surface area (Å²) in [5, 5.41) is 11.4. The van der Waals surface area contributed by atoms with E-state index in [1.165, 1.54) is 19.1 Å². The number of hydrogen-bond donors (Lipinski definition) is 1. The van der Waals surface area contributed by atoms with Crippen molar-refractivity contribution in [1.29, 1.82) is 0 Å². The number of ether oxygens (including phenoxy) is 4. The van der Waals surface area contributed by atoms with Gasteiger partial charge in [-0.25, -0.2) is 0 Å². The number of carbonyl (C=O) groups excluding carboxylic acids is 2. The largest absolute Gasteiger partial charge is 0.507 e. The first kappa shape index (κ1) is 28.5. The monoisotopic (exact) mass is 545 g/mol. The van der Waals surface area contributed by atoms with E-state index in [9.17, 15) is 14.7 Å². The van der Waals surface area contributed by atoms with Gasteiger partial charge in [0.15, 0.2) is 11.5 Å². The first-order valence-electron chi connectivity index (χ1n) is 13.3. The molecule has 210 valence electrons. The number of benzene rings is 3. The predicted octanol–water partition coefficient (Wildman–Crippen LogP) is 5.90. The molecule has 8 heteroatoms. The number of hydrogen-bond acceptors (Lipinski definition) is 7. The molecule has 8 nitrogen and oxygen atoms in total. The van der Waals surface area contributed by atoms with Gasteiger partial charge in [-0.15, -0.1) is 0 Å². The van der Waals surface area contributed by atoms with Crippen LogP contribution in [-0.4, -0.2) is 49.6 Å². The van der Waals surface area contributed by atoms with Crippen LogP contribution in [0.1, 0.15) is 48.9 Å². The first-order chi connectivity index (χ1) is 19.4. The molecule has 0 aromatic heterocycles.